The molecule has 3 rings (SSSR count). The van der Waals surface area contributed by atoms with Crippen molar-refractivity contribution in [3.05, 3.63) is 53.2 Å². The van der Waals surface area contributed by atoms with E-state index in [1.807, 2.05) is 43.3 Å². The zero-order valence-corrected chi connectivity index (χ0v) is 13.2. The van der Waals surface area contributed by atoms with Crippen LogP contribution in [0.1, 0.15) is 29.3 Å². The number of pyridine rings is 1. The van der Waals surface area contributed by atoms with E-state index >= 15 is 0 Å². The van der Waals surface area contributed by atoms with Gasteiger partial charge in [0.1, 0.15) is 23.3 Å². The predicted molar refractivity (Wildman–Crippen MR) is 87.4 cm³/mol. The minimum atomic E-state index is -0.417. The number of β-amino-alcohol motifs (C(OH)–C–C–N with tert-alkyl or cyclic N) is 1. The maximum atomic E-state index is 10.1. The van der Waals surface area contributed by atoms with Gasteiger partial charge in [0.15, 0.2) is 0 Å². The molecule has 0 radical (unpaired) electrons. The lowest BCUT2D eigenvalue weighted by molar-refractivity contribution is 0.194. The highest BCUT2D eigenvalue weighted by molar-refractivity contribution is 5.49. The molecule has 0 aliphatic carbocycles. The Labute approximate surface area is 135 Å². The third-order valence-corrected chi connectivity index (χ3v) is 4.24. The van der Waals surface area contributed by atoms with E-state index in [0.29, 0.717) is 18.7 Å². The van der Waals surface area contributed by atoms with E-state index < -0.39 is 6.10 Å². The number of methoxy groups -OCH3 is 1. The standard InChI is InChI=1S/C18H19N3O2/c1-12-6-7-18(20-16(12)10-19)21-11-14(22)9-17(21)13-4-3-5-15(8-13)23-2/h3-8,14,17,22H,9,11H2,1-2H3/t14-,17+/m0/s1. The van der Waals surface area contributed by atoms with E-state index in [4.69, 9.17) is 4.74 Å². The van der Waals surface area contributed by atoms with E-state index in [9.17, 15) is 10.4 Å². The Balaban J connectivity index is 1.98. The molecule has 1 fully saturated rings. The van der Waals surface area contributed by atoms with Crippen molar-refractivity contribution in [3.8, 4) is 11.8 Å². The summed E-state index contributed by atoms with van der Waals surface area (Å²) in [5.41, 5.74) is 2.35. The number of hydrogen-bond acceptors (Lipinski definition) is 5. The molecule has 5 heteroatoms. The molecule has 23 heavy (non-hydrogen) atoms. The van der Waals surface area contributed by atoms with Gasteiger partial charge < -0.3 is 14.7 Å². The summed E-state index contributed by atoms with van der Waals surface area (Å²) in [5, 5.41) is 19.3. The zero-order chi connectivity index (χ0) is 16.4. The van der Waals surface area contributed by atoms with Crippen LogP contribution in [0.2, 0.25) is 0 Å². The fourth-order valence-electron chi connectivity index (χ4n) is 3.02. The largest absolute Gasteiger partial charge is 0.497 e. The number of hydrogen-bond donors (Lipinski definition) is 1. The van der Waals surface area contributed by atoms with Crippen LogP contribution < -0.4 is 9.64 Å². The van der Waals surface area contributed by atoms with Gasteiger partial charge in [0.05, 0.1) is 19.3 Å². The summed E-state index contributed by atoms with van der Waals surface area (Å²) in [6.07, 6.45) is 0.213. The summed E-state index contributed by atoms with van der Waals surface area (Å²) >= 11 is 0. The number of aliphatic hydroxyl groups is 1. The predicted octanol–water partition coefficient (Wildman–Crippen LogP) is 2.58. The quantitative estimate of drug-likeness (QED) is 0.943. The maximum Gasteiger partial charge on any atom is 0.145 e. The van der Waals surface area contributed by atoms with E-state index in [1.165, 1.54) is 0 Å². The highest BCUT2D eigenvalue weighted by Gasteiger charge is 2.33. The van der Waals surface area contributed by atoms with Crippen LogP contribution in [0.5, 0.6) is 5.75 Å². The van der Waals surface area contributed by atoms with Gasteiger partial charge in [-0.1, -0.05) is 18.2 Å². The van der Waals surface area contributed by atoms with Gasteiger partial charge in [0.2, 0.25) is 0 Å². The summed E-state index contributed by atoms with van der Waals surface area (Å²) in [4.78, 5) is 6.50. The molecule has 0 bridgehead atoms. The first kappa shape index (κ1) is 15.3. The molecule has 5 nitrogen and oxygen atoms in total. The van der Waals surface area contributed by atoms with Gasteiger partial charge in [-0.2, -0.15) is 5.26 Å². The molecule has 0 spiro atoms. The van der Waals surface area contributed by atoms with Gasteiger partial charge in [-0.3, -0.25) is 0 Å². The molecule has 2 aromatic rings. The van der Waals surface area contributed by atoms with Crippen molar-refractivity contribution in [1.29, 1.82) is 5.26 Å². The summed E-state index contributed by atoms with van der Waals surface area (Å²) in [6, 6.07) is 13.8. The Morgan fingerprint density at radius 2 is 2.17 bits per heavy atom. The third-order valence-electron chi connectivity index (χ3n) is 4.24. The van der Waals surface area contributed by atoms with Crippen molar-refractivity contribution >= 4 is 5.82 Å². The molecule has 2 atom stereocenters. The second kappa shape index (κ2) is 6.27. The number of rotatable bonds is 3. The van der Waals surface area contributed by atoms with Crippen molar-refractivity contribution < 1.29 is 9.84 Å². The molecule has 118 valence electrons. The first-order valence-corrected chi connectivity index (χ1v) is 7.58. The summed E-state index contributed by atoms with van der Waals surface area (Å²) in [7, 11) is 1.64. The smallest absolute Gasteiger partial charge is 0.145 e. The Morgan fingerprint density at radius 3 is 2.91 bits per heavy atom. The minimum absolute atomic E-state index is 0.0156. The van der Waals surface area contributed by atoms with Gasteiger partial charge in [0.25, 0.3) is 0 Å². The van der Waals surface area contributed by atoms with Crippen LogP contribution in [0, 0.1) is 18.3 Å². The van der Waals surface area contributed by atoms with Gasteiger partial charge >= 0.3 is 0 Å². The number of anilines is 1. The first-order valence-electron chi connectivity index (χ1n) is 7.58. The molecule has 0 saturated carbocycles. The van der Waals surface area contributed by atoms with E-state index in [1.54, 1.807) is 7.11 Å². The molecule has 1 N–H and O–H groups in total. The molecule has 1 aliphatic rings. The van der Waals surface area contributed by atoms with E-state index in [0.717, 1.165) is 22.7 Å². The number of aliphatic hydroxyl groups excluding tert-OH is 1. The van der Waals surface area contributed by atoms with Crippen molar-refractivity contribution in [2.45, 2.75) is 25.5 Å². The second-order valence-corrected chi connectivity index (χ2v) is 5.78. The normalized spacial score (nSPS) is 20.3. The summed E-state index contributed by atoms with van der Waals surface area (Å²) < 4.78 is 5.29. The lowest BCUT2D eigenvalue weighted by Crippen LogP contribution is -2.25. The lowest BCUT2D eigenvalue weighted by atomic mass is 10.0. The highest BCUT2D eigenvalue weighted by Crippen LogP contribution is 2.36. The highest BCUT2D eigenvalue weighted by atomic mass is 16.5. The molecule has 1 aliphatic heterocycles. The molecular weight excluding hydrogens is 290 g/mol. The van der Waals surface area contributed by atoms with E-state index in [2.05, 4.69) is 16.0 Å². The number of aryl methyl sites for hydroxylation is 1. The van der Waals surface area contributed by atoms with Crippen LogP contribution in [0.3, 0.4) is 0 Å². The number of nitrogens with zero attached hydrogens (tertiary/aromatic N) is 3. The van der Waals surface area contributed by atoms with Crippen LogP contribution >= 0.6 is 0 Å². The van der Waals surface area contributed by atoms with Gasteiger partial charge in [-0.05, 0) is 42.7 Å². The van der Waals surface area contributed by atoms with Crippen LogP contribution in [-0.2, 0) is 0 Å². The molecular formula is C18H19N3O2. The second-order valence-electron chi connectivity index (χ2n) is 5.78. The third kappa shape index (κ3) is 2.99. The van der Waals surface area contributed by atoms with Crippen LogP contribution in [-0.4, -0.2) is 29.8 Å². The van der Waals surface area contributed by atoms with Crippen molar-refractivity contribution in [3.63, 3.8) is 0 Å². The summed E-state index contributed by atoms with van der Waals surface area (Å²) in [6.45, 7) is 2.37. The molecule has 1 aromatic carbocycles. The molecule has 0 unspecified atom stereocenters. The maximum absolute atomic E-state index is 10.1. The fraction of sp³-hybridized carbons (Fsp3) is 0.333. The SMILES string of the molecule is COc1cccc([C@H]2C[C@H](O)CN2c2ccc(C)c(C#N)n2)c1. The van der Waals surface area contributed by atoms with Gasteiger partial charge in [0, 0.05) is 6.54 Å². The molecule has 0 amide bonds. The Kier molecular flexibility index (Phi) is 4.18. The topological polar surface area (TPSA) is 69.4 Å². The fourth-order valence-corrected chi connectivity index (χ4v) is 3.02. The number of aromatic nitrogens is 1. The van der Waals surface area contributed by atoms with Gasteiger partial charge in [-0.15, -0.1) is 0 Å². The van der Waals surface area contributed by atoms with Crippen LogP contribution in [0.15, 0.2) is 36.4 Å². The lowest BCUT2D eigenvalue weighted by Gasteiger charge is -2.26. The number of ether oxygens (including phenoxy) is 1. The molecule has 2 heterocycles. The Hall–Kier alpha value is -2.58. The number of benzene rings is 1. The first-order chi connectivity index (χ1) is 11.1. The molecule has 1 saturated heterocycles. The Bertz CT molecular complexity index is 754. The average Bonchev–Trinajstić information content (AvgIpc) is 2.97. The number of nitriles is 1. The van der Waals surface area contributed by atoms with Crippen LogP contribution in [0.25, 0.3) is 0 Å². The van der Waals surface area contributed by atoms with Crippen molar-refractivity contribution in [2.24, 2.45) is 0 Å². The van der Waals surface area contributed by atoms with Gasteiger partial charge in [-0.25, -0.2) is 4.98 Å². The monoisotopic (exact) mass is 309 g/mol. The minimum Gasteiger partial charge on any atom is -0.497 e. The summed E-state index contributed by atoms with van der Waals surface area (Å²) in [5.74, 6) is 1.51. The zero-order valence-electron chi connectivity index (χ0n) is 13.2. The van der Waals surface area contributed by atoms with Crippen molar-refractivity contribution in [2.75, 3.05) is 18.6 Å². The van der Waals surface area contributed by atoms with Crippen molar-refractivity contribution in [1.82, 2.24) is 4.98 Å². The van der Waals surface area contributed by atoms with E-state index in [-0.39, 0.29) is 6.04 Å². The Morgan fingerprint density at radius 1 is 1.35 bits per heavy atom. The average molecular weight is 309 g/mol. The molecule has 1 aromatic heterocycles. The van der Waals surface area contributed by atoms with Crippen LogP contribution in [0.4, 0.5) is 5.82 Å².